The van der Waals surface area contributed by atoms with Gasteiger partial charge in [-0.2, -0.15) is 0 Å². The highest BCUT2D eigenvalue weighted by molar-refractivity contribution is 5.81. The van der Waals surface area contributed by atoms with Gasteiger partial charge in [-0.05, 0) is 75.2 Å². The third-order valence-electron chi connectivity index (χ3n) is 8.83. The summed E-state index contributed by atoms with van der Waals surface area (Å²) in [5.41, 5.74) is -0.771. The minimum absolute atomic E-state index is 0.0191. The van der Waals surface area contributed by atoms with Crippen molar-refractivity contribution in [1.29, 1.82) is 0 Å². The first-order valence-electron chi connectivity index (χ1n) is 15.4. The first kappa shape index (κ1) is 36.2. The molecule has 0 bridgehead atoms. The monoisotopic (exact) mass is 596 g/mol. The molecule has 10 nitrogen and oxygen atoms in total. The van der Waals surface area contributed by atoms with Gasteiger partial charge in [-0.3, -0.25) is 24.2 Å². The van der Waals surface area contributed by atoms with Crippen LogP contribution in [0.2, 0.25) is 0 Å². The van der Waals surface area contributed by atoms with Crippen molar-refractivity contribution in [3.8, 4) is 0 Å². The van der Waals surface area contributed by atoms with Crippen LogP contribution in [-0.2, 0) is 38.1 Å². The van der Waals surface area contributed by atoms with Gasteiger partial charge >= 0.3 is 17.9 Å². The number of Topliss-reactive ketones (excluding diaryl/α,β-unsaturated/α-hetero) is 1. The number of ether oxygens (including phenoxy) is 4. The normalized spacial score (nSPS) is 22.3. The Balaban J connectivity index is 1.74. The zero-order valence-electron chi connectivity index (χ0n) is 27.8. The number of hydrogen-bond donors (Lipinski definition) is 0. The molecule has 10 heteroatoms. The summed E-state index contributed by atoms with van der Waals surface area (Å²) < 4.78 is 22.3. The van der Waals surface area contributed by atoms with Crippen LogP contribution in [0.5, 0.6) is 0 Å². The van der Waals surface area contributed by atoms with Crippen molar-refractivity contribution in [3.63, 3.8) is 0 Å². The second kappa shape index (κ2) is 14.6. The van der Waals surface area contributed by atoms with Gasteiger partial charge in [0, 0.05) is 61.6 Å². The molecule has 2 fully saturated rings. The van der Waals surface area contributed by atoms with E-state index in [9.17, 15) is 19.2 Å². The first-order valence-corrected chi connectivity index (χ1v) is 15.4. The Morgan fingerprint density at radius 3 is 1.31 bits per heavy atom. The highest BCUT2D eigenvalue weighted by Gasteiger charge is 2.47. The van der Waals surface area contributed by atoms with Crippen molar-refractivity contribution >= 4 is 23.7 Å². The summed E-state index contributed by atoms with van der Waals surface area (Å²) in [4.78, 5) is 52.8. The summed E-state index contributed by atoms with van der Waals surface area (Å²) in [5, 5.41) is 0. The fourth-order valence-corrected chi connectivity index (χ4v) is 7.29. The zero-order valence-corrected chi connectivity index (χ0v) is 27.8. The summed E-state index contributed by atoms with van der Waals surface area (Å²) in [7, 11) is 1.76. The average molecular weight is 597 g/mol. The highest BCUT2D eigenvalue weighted by Crippen LogP contribution is 2.40. The Hall–Kier alpha value is -2.04. The van der Waals surface area contributed by atoms with Crippen molar-refractivity contribution in [2.45, 2.75) is 148 Å². The lowest BCUT2D eigenvalue weighted by molar-refractivity contribution is -0.163. The molecule has 2 saturated heterocycles. The second-order valence-corrected chi connectivity index (χ2v) is 14.5. The van der Waals surface area contributed by atoms with E-state index in [0.717, 1.165) is 12.8 Å². The van der Waals surface area contributed by atoms with Crippen LogP contribution in [0.4, 0.5) is 0 Å². The number of esters is 3. The Bertz CT molecular complexity index is 922. The topological polar surface area (TPSA) is 112 Å². The van der Waals surface area contributed by atoms with Crippen LogP contribution < -0.4 is 0 Å². The van der Waals surface area contributed by atoms with Crippen LogP contribution in [0.1, 0.15) is 114 Å². The summed E-state index contributed by atoms with van der Waals surface area (Å²) in [6.45, 7) is 20.2. The minimum Gasteiger partial charge on any atom is -0.464 e. The molecule has 0 aliphatic carbocycles. The average Bonchev–Trinajstić information content (AvgIpc) is 2.83. The standard InChI is InChI=1S/C32H56N2O8/c1-23(35)11-12-28(38)42-25-21-31(6,7)34(32(8,9)22-25)16-18-41-27(37)14-13-26(36)40-17-15-33-29(2,3)19-24(39-10)20-30(33,4)5/h24-25H,11-22H2,1-10H3. The molecule has 0 saturated carbocycles. The molecular weight excluding hydrogens is 540 g/mol. The number of carbonyl (C=O) groups excluding carboxylic acids is 4. The Labute approximate surface area is 253 Å². The number of likely N-dealkylation sites (tertiary alicyclic amines) is 2. The molecule has 0 N–H and O–H groups in total. The van der Waals surface area contributed by atoms with E-state index < -0.39 is 11.9 Å². The fraction of sp³-hybridized carbons (Fsp3) is 0.875. The van der Waals surface area contributed by atoms with Crippen molar-refractivity contribution in [2.75, 3.05) is 33.4 Å². The molecule has 0 atom stereocenters. The van der Waals surface area contributed by atoms with Gasteiger partial charge in [0.1, 0.15) is 25.1 Å². The number of nitrogens with zero attached hydrogens (tertiary/aromatic N) is 2. The molecule has 2 aliphatic heterocycles. The van der Waals surface area contributed by atoms with Crippen molar-refractivity contribution < 1.29 is 38.1 Å². The molecule has 0 amide bonds. The van der Waals surface area contributed by atoms with Crippen molar-refractivity contribution in [2.24, 2.45) is 0 Å². The molecule has 0 aromatic carbocycles. The third-order valence-corrected chi connectivity index (χ3v) is 8.83. The van der Waals surface area contributed by atoms with E-state index in [-0.39, 0.29) is 85.0 Å². The number of rotatable bonds is 14. The number of carbonyl (C=O) groups is 4. The molecule has 42 heavy (non-hydrogen) atoms. The molecule has 2 aliphatic rings. The van der Waals surface area contributed by atoms with Crippen molar-refractivity contribution in [3.05, 3.63) is 0 Å². The van der Waals surface area contributed by atoms with Crippen LogP contribution >= 0.6 is 0 Å². The van der Waals surface area contributed by atoms with Gasteiger partial charge in [0.2, 0.25) is 0 Å². The van der Waals surface area contributed by atoms with E-state index in [1.165, 1.54) is 6.92 Å². The lowest BCUT2D eigenvalue weighted by Gasteiger charge is -2.55. The lowest BCUT2D eigenvalue weighted by atomic mass is 9.78. The predicted octanol–water partition coefficient (Wildman–Crippen LogP) is 4.46. The predicted molar refractivity (Wildman–Crippen MR) is 160 cm³/mol. The maximum atomic E-state index is 12.4. The number of hydrogen-bond acceptors (Lipinski definition) is 10. The van der Waals surface area contributed by atoms with Gasteiger partial charge < -0.3 is 23.7 Å². The molecule has 0 spiro atoms. The molecule has 2 rings (SSSR count). The van der Waals surface area contributed by atoms with Gasteiger partial charge in [-0.1, -0.05) is 0 Å². The van der Waals surface area contributed by atoms with Gasteiger partial charge in [-0.25, -0.2) is 0 Å². The largest absolute Gasteiger partial charge is 0.464 e. The molecular formula is C32H56N2O8. The summed E-state index contributed by atoms with van der Waals surface area (Å²) in [6, 6.07) is 0. The highest BCUT2D eigenvalue weighted by atomic mass is 16.5. The summed E-state index contributed by atoms with van der Waals surface area (Å²) in [5.74, 6) is -1.21. The van der Waals surface area contributed by atoms with Crippen LogP contribution in [0, 0.1) is 0 Å². The van der Waals surface area contributed by atoms with Crippen LogP contribution in [-0.4, -0.2) is 101 Å². The SMILES string of the molecule is COC1CC(C)(C)N(CCOC(=O)CCC(=O)OCCN2C(C)(C)CC(OC(=O)CCC(C)=O)CC2(C)C)C(C)(C)C1. The van der Waals surface area contributed by atoms with E-state index in [4.69, 9.17) is 18.9 Å². The van der Waals surface area contributed by atoms with Gasteiger partial charge in [0.25, 0.3) is 0 Å². The number of methoxy groups -OCH3 is 1. The molecule has 2 heterocycles. The lowest BCUT2D eigenvalue weighted by Crippen LogP contribution is -2.63. The van der Waals surface area contributed by atoms with Crippen LogP contribution in [0.15, 0.2) is 0 Å². The minimum atomic E-state index is -0.430. The summed E-state index contributed by atoms with van der Waals surface area (Å²) >= 11 is 0. The van der Waals surface area contributed by atoms with E-state index in [1.54, 1.807) is 7.11 Å². The van der Waals surface area contributed by atoms with E-state index >= 15 is 0 Å². The Morgan fingerprint density at radius 1 is 0.595 bits per heavy atom. The van der Waals surface area contributed by atoms with E-state index in [0.29, 0.717) is 25.9 Å². The molecule has 242 valence electrons. The molecule has 0 unspecified atom stereocenters. The maximum absolute atomic E-state index is 12.4. The fourth-order valence-electron chi connectivity index (χ4n) is 7.29. The van der Waals surface area contributed by atoms with Gasteiger partial charge in [0.05, 0.1) is 25.4 Å². The Kier molecular flexibility index (Phi) is 12.6. The number of piperidine rings is 2. The number of ketones is 1. The smallest absolute Gasteiger partial charge is 0.306 e. The Morgan fingerprint density at radius 2 is 0.952 bits per heavy atom. The van der Waals surface area contributed by atoms with Gasteiger partial charge in [0.15, 0.2) is 0 Å². The maximum Gasteiger partial charge on any atom is 0.306 e. The van der Waals surface area contributed by atoms with E-state index in [2.05, 4.69) is 65.2 Å². The third kappa shape index (κ3) is 10.6. The summed E-state index contributed by atoms with van der Waals surface area (Å²) in [6.07, 6.45) is 3.31. The van der Waals surface area contributed by atoms with E-state index in [1.807, 2.05) is 0 Å². The first-order chi connectivity index (χ1) is 19.3. The van der Waals surface area contributed by atoms with Crippen LogP contribution in [0.3, 0.4) is 0 Å². The molecule has 0 aromatic heterocycles. The molecule has 0 aromatic rings. The molecule has 0 radical (unpaired) electrons. The van der Waals surface area contributed by atoms with Crippen LogP contribution in [0.25, 0.3) is 0 Å². The van der Waals surface area contributed by atoms with Crippen molar-refractivity contribution in [1.82, 2.24) is 9.80 Å². The second-order valence-electron chi connectivity index (χ2n) is 14.5. The quantitative estimate of drug-likeness (QED) is 0.211. The van der Waals surface area contributed by atoms with Gasteiger partial charge in [-0.15, -0.1) is 0 Å². The zero-order chi connectivity index (χ0) is 31.9.